The maximum atomic E-state index is 13.3. The van der Waals surface area contributed by atoms with Crippen LogP contribution in [0.2, 0.25) is 0 Å². The number of nitrogens with zero attached hydrogens (tertiary/aromatic N) is 2. The quantitative estimate of drug-likeness (QED) is 0.904. The summed E-state index contributed by atoms with van der Waals surface area (Å²) in [4.78, 5) is 18.8. The molecule has 2 unspecified atom stereocenters. The molecule has 0 bridgehead atoms. The monoisotopic (exact) mass is 365 g/mol. The predicted octanol–water partition coefficient (Wildman–Crippen LogP) is 2.58. The minimum Gasteiger partial charge on any atom is -0.481 e. The van der Waals surface area contributed by atoms with Crippen LogP contribution in [-0.4, -0.2) is 41.5 Å². The number of aromatic nitrogens is 1. The molecule has 1 aliphatic rings. The first-order valence-corrected chi connectivity index (χ1v) is 7.98. The Morgan fingerprint density at radius 2 is 2.24 bits per heavy atom. The van der Waals surface area contributed by atoms with E-state index in [-0.39, 0.29) is 30.2 Å². The van der Waals surface area contributed by atoms with Crippen molar-refractivity contribution in [2.24, 2.45) is 0 Å². The number of hydrogen-bond donors (Lipinski definition) is 1. The first kappa shape index (κ1) is 19.1. The Kier molecular flexibility index (Phi) is 6.73. The van der Waals surface area contributed by atoms with Crippen LogP contribution in [0.15, 0.2) is 48.8 Å². The number of amides is 1. The van der Waals surface area contributed by atoms with Crippen molar-refractivity contribution in [3.8, 4) is 5.75 Å². The van der Waals surface area contributed by atoms with Crippen molar-refractivity contribution >= 4 is 18.3 Å². The van der Waals surface area contributed by atoms with E-state index in [0.717, 1.165) is 12.1 Å². The van der Waals surface area contributed by atoms with E-state index in [4.69, 9.17) is 4.74 Å². The SMILES string of the molecule is CC(Oc1cccc(F)c1)C(=O)N1CCNCC1c1cccnc1.Cl. The molecule has 1 aromatic heterocycles. The van der Waals surface area contributed by atoms with Gasteiger partial charge >= 0.3 is 0 Å². The molecule has 0 saturated carbocycles. The molecule has 1 aliphatic heterocycles. The average Bonchev–Trinajstić information content (AvgIpc) is 2.62. The van der Waals surface area contributed by atoms with Crippen molar-refractivity contribution in [2.45, 2.75) is 19.1 Å². The van der Waals surface area contributed by atoms with E-state index in [1.165, 1.54) is 12.1 Å². The first-order chi connectivity index (χ1) is 11.6. The van der Waals surface area contributed by atoms with Gasteiger partial charge in [-0.25, -0.2) is 4.39 Å². The molecule has 1 amide bonds. The molecule has 7 heteroatoms. The number of halogens is 2. The van der Waals surface area contributed by atoms with Crippen molar-refractivity contribution in [1.82, 2.24) is 15.2 Å². The van der Waals surface area contributed by atoms with E-state index in [1.807, 2.05) is 12.1 Å². The number of carbonyl (C=O) groups is 1. The molecule has 1 fully saturated rings. The Hall–Kier alpha value is -2.18. The second-order valence-corrected chi connectivity index (χ2v) is 5.76. The number of piperazine rings is 1. The summed E-state index contributed by atoms with van der Waals surface area (Å²) >= 11 is 0. The fourth-order valence-electron chi connectivity index (χ4n) is 2.87. The van der Waals surface area contributed by atoms with Crippen molar-refractivity contribution in [3.63, 3.8) is 0 Å². The molecule has 1 aromatic carbocycles. The molecule has 3 rings (SSSR count). The van der Waals surface area contributed by atoms with Gasteiger partial charge in [-0.15, -0.1) is 12.4 Å². The van der Waals surface area contributed by atoms with Gasteiger partial charge in [0.05, 0.1) is 6.04 Å². The van der Waals surface area contributed by atoms with Crippen LogP contribution in [0, 0.1) is 5.82 Å². The Morgan fingerprint density at radius 1 is 1.40 bits per heavy atom. The van der Waals surface area contributed by atoms with Crippen LogP contribution in [-0.2, 0) is 4.79 Å². The molecule has 5 nitrogen and oxygen atoms in total. The minimum absolute atomic E-state index is 0. The molecular weight excluding hydrogens is 345 g/mol. The summed E-state index contributed by atoms with van der Waals surface area (Å²) in [6, 6.07) is 9.56. The van der Waals surface area contributed by atoms with E-state index in [0.29, 0.717) is 18.8 Å². The zero-order valence-electron chi connectivity index (χ0n) is 13.9. The molecule has 2 aromatic rings. The summed E-state index contributed by atoms with van der Waals surface area (Å²) in [7, 11) is 0. The summed E-state index contributed by atoms with van der Waals surface area (Å²) in [6.45, 7) is 3.68. The van der Waals surface area contributed by atoms with Crippen LogP contribution >= 0.6 is 12.4 Å². The summed E-state index contributed by atoms with van der Waals surface area (Å²) < 4.78 is 18.9. The maximum absolute atomic E-state index is 13.3. The standard InChI is InChI=1S/C18H20FN3O2.ClH/c1-13(24-16-6-2-5-15(19)10-16)18(23)22-9-8-21-12-17(22)14-4-3-7-20-11-14;/h2-7,10-11,13,17,21H,8-9,12H2,1H3;1H. The third-order valence-corrected chi connectivity index (χ3v) is 4.05. The number of rotatable bonds is 4. The number of pyridine rings is 1. The van der Waals surface area contributed by atoms with Gasteiger partial charge in [-0.05, 0) is 30.7 Å². The third-order valence-electron chi connectivity index (χ3n) is 4.05. The van der Waals surface area contributed by atoms with Gasteiger partial charge in [0.1, 0.15) is 11.6 Å². The van der Waals surface area contributed by atoms with Crippen molar-refractivity contribution in [3.05, 3.63) is 60.2 Å². The van der Waals surface area contributed by atoms with Gasteiger partial charge in [0.15, 0.2) is 6.10 Å². The number of hydrogen-bond acceptors (Lipinski definition) is 4. The highest BCUT2D eigenvalue weighted by Crippen LogP contribution is 2.23. The van der Waals surface area contributed by atoms with E-state index in [9.17, 15) is 9.18 Å². The Bertz CT molecular complexity index is 702. The van der Waals surface area contributed by atoms with Gasteiger partial charge in [0, 0.05) is 38.1 Å². The van der Waals surface area contributed by atoms with Crippen LogP contribution in [0.1, 0.15) is 18.5 Å². The first-order valence-electron chi connectivity index (χ1n) is 7.98. The fourth-order valence-corrected chi connectivity index (χ4v) is 2.87. The van der Waals surface area contributed by atoms with Crippen LogP contribution in [0.5, 0.6) is 5.75 Å². The van der Waals surface area contributed by atoms with Crippen molar-refractivity contribution < 1.29 is 13.9 Å². The zero-order chi connectivity index (χ0) is 16.9. The number of nitrogens with one attached hydrogen (secondary N) is 1. The zero-order valence-corrected chi connectivity index (χ0v) is 14.7. The summed E-state index contributed by atoms with van der Waals surface area (Å²) in [5.74, 6) is -0.152. The van der Waals surface area contributed by atoms with Gasteiger partial charge in [-0.3, -0.25) is 9.78 Å². The lowest BCUT2D eigenvalue weighted by Gasteiger charge is -2.37. The highest BCUT2D eigenvalue weighted by atomic mass is 35.5. The van der Waals surface area contributed by atoms with Crippen molar-refractivity contribution in [2.75, 3.05) is 19.6 Å². The lowest BCUT2D eigenvalue weighted by atomic mass is 10.0. The highest BCUT2D eigenvalue weighted by molar-refractivity contribution is 5.85. The Balaban J connectivity index is 0.00000225. The third kappa shape index (κ3) is 4.67. The van der Waals surface area contributed by atoms with Crippen molar-refractivity contribution in [1.29, 1.82) is 0 Å². The maximum Gasteiger partial charge on any atom is 0.263 e. The van der Waals surface area contributed by atoms with Gasteiger partial charge in [0.2, 0.25) is 0 Å². The molecule has 2 heterocycles. The lowest BCUT2D eigenvalue weighted by molar-refractivity contribution is -0.141. The molecule has 1 saturated heterocycles. The lowest BCUT2D eigenvalue weighted by Crippen LogP contribution is -2.52. The average molecular weight is 366 g/mol. The van der Waals surface area contributed by atoms with Gasteiger partial charge < -0.3 is 15.0 Å². The second kappa shape index (κ2) is 8.78. The molecular formula is C18H21ClFN3O2. The smallest absolute Gasteiger partial charge is 0.263 e. The number of benzene rings is 1. The van der Waals surface area contributed by atoms with Crippen LogP contribution in [0.3, 0.4) is 0 Å². The second-order valence-electron chi connectivity index (χ2n) is 5.76. The number of carbonyl (C=O) groups excluding carboxylic acids is 1. The molecule has 0 aliphatic carbocycles. The van der Waals surface area contributed by atoms with Gasteiger partial charge in [-0.2, -0.15) is 0 Å². The topological polar surface area (TPSA) is 54.5 Å². The summed E-state index contributed by atoms with van der Waals surface area (Å²) in [5, 5.41) is 3.30. The largest absolute Gasteiger partial charge is 0.481 e. The molecule has 2 atom stereocenters. The van der Waals surface area contributed by atoms with Crippen LogP contribution in [0.25, 0.3) is 0 Å². The summed E-state index contributed by atoms with van der Waals surface area (Å²) in [6.07, 6.45) is 2.79. The number of ether oxygens (including phenoxy) is 1. The highest BCUT2D eigenvalue weighted by Gasteiger charge is 2.31. The van der Waals surface area contributed by atoms with E-state index in [2.05, 4.69) is 10.3 Å². The van der Waals surface area contributed by atoms with E-state index in [1.54, 1.807) is 36.4 Å². The fraction of sp³-hybridized carbons (Fsp3) is 0.333. The van der Waals surface area contributed by atoms with Gasteiger partial charge in [-0.1, -0.05) is 12.1 Å². The van der Waals surface area contributed by atoms with Gasteiger partial charge in [0.25, 0.3) is 5.91 Å². The molecule has 1 N–H and O–H groups in total. The van der Waals surface area contributed by atoms with Crippen LogP contribution < -0.4 is 10.1 Å². The minimum atomic E-state index is -0.691. The normalized spacial score (nSPS) is 18.2. The molecule has 0 spiro atoms. The molecule has 25 heavy (non-hydrogen) atoms. The predicted molar refractivity (Wildman–Crippen MR) is 95.3 cm³/mol. The Labute approximate surface area is 152 Å². The van der Waals surface area contributed by atoms with Crippen LogP contribution in [0.4, 0.5) is 4.39 Å². The molecule has 0 radical (unpaired) electrons. The molecule has 134 valence electrons. The Morgan fingerprint density at radius 3 is 2.96 bits per heavy atom. The van der Waals surface area contributed by atoms with E-state index < -0.39 is 6.10 Å². The van der Waals surface area contributed by atoms with E-state index >= 15 is 0 Å². The summed E-state index contributed by atoms with van der Waals surface area (Å²) in [5.41, 5.74) is 0.982.